The van der Waals surface area contributed by atoms with E-state index in [-0.39, 0.29) is 24.1 Å². The maximum atomic E-state index is 12.6. The van der Waals surface area contributed by atoms with Gasteiger partial charge in [-0.3, -0.25) is 14.5 Å². The second-order valence-electron chi connectivity index (χ2n) is 7.90. The zero-order valence-electron chi connectivity index (χ0n) is 17.9. The lowest BCUT2D eigenvalue weighted by Crippen LogP contribution is -2.50. The van der Waals surface area contributed by atoms with Crippen LogP contribution < -0.4 is 10.2 Å². The summed E-state index contributed by atoms with van der Waals surface area (Å²) in [4.78, 5) is 30.8. The molecule has 0 saturated carbocycles. The third-order valence-corrected chi connectivity index (χ3v) is 5.42. The predicted octanol–water partition coefficient (Wildman–Crippen LogP) is 2.23. The van der Waals surface area contributed by atoms with E-state index in [4.69, 9.17) is 0 Å². The van der Waals surface area contributed by atoms with Gasteiger partial charge in [-0.1, -0.05) is 12.1 Å². The van der Waals surface area contributed by atoms with Gasteiger partial charge in [-0.05, 0) is 55.3 Å². The highest BCUT2D eigenvalue weighted by molar-refractivity contribution is 5.95. The van der Waals surface area contributed by atoms with E-state index in [0.717, 1.165) is 48.7 Å². The lowest BCUT2D eigenvalue weighted by molar-refractivity contribution is -0.134. The van der Waals surface area contributed by atoms with Crippen molar-refractivity contribution in [1.82, 2.24) is 9.80 Å². The molecule has 1 aliphatic heterocycles. The first kappa shape index (κ1) is 21.6. The largest absolute Gasteiger partial charge is 0.508 e. The van der Waals surface area contributed by atoms with Crippen molar-refractivity contribution >= 4 is 23.2 Å². The number of carbonyl (C=O) groups is 2. The van der Waals surface area contributed by atoms with Gasteiger partial charge in [0, 0.05) is 44.6 Å². The van der Waals surface area contributed by atoms with Crippen molar-refractivity contribution in [1.29, 1.82) is 0 Å². The molecule has 0 aromatic heterocycles. The third-order valence-electron chi connectivity index (χ3n) is 5.42. The van der Waals surface area contributed by atoms with E-state index in [9.17, 15) is 14.7 Å². The van der Waals surface area contributed by atoms with E-state index >= 15 is 0 Å². The zero-order valence-corrected chi connectivity index (χ0v) is 17.9. The number of aromatic hydroxyl groups is 1. The molecular formula is C23H30N4O3. The molecule has 1 heterocycles. The number of benzene rings is 2. The summed E-state index contributed by atoms with van der Waals surface area (Å²) in [6, 6.07) is 13.1. The third kappa shape index (κ3) is 5.73. The fraction of sp³-hybridized carbons (Fsp3) is 0.391. The van der Waals surface area contributed by atoms with Gasteiger partial charge in [0.1, 0.15) is 5.75 Å². The summed E-state index contributed by atoms with van der Waals surface area (Å²) < 4.78 is 0. The molecule has 0 unspecified atom stereocenters. The Morgan fingerprint density at radius 1 is 1.03 bits per heavy atom. The Bertz CT molecular complexity index is 890. The number of nitrogens with one attached hydrogen (secondary N) is 1. The Morgan fingerprint density at radius 3 is 2.37 bits per heavy atom. The average Bonchev–Trinajstić information content (AvgIpc) is 2.72. The molecule has 0 radical (unpaired) electrons. The molecule has 0 atom stereocenters. The van der Waals surface area contributed by atoms with Crippen LogP contribution >= 0.6 is 0 Å². The molecule has 2 amide bonds. The lowest BCUT2D eigenvalue weighted by Gasteiger charge is -2.36. The second-order valence-corrected chi connectivity index (χ2v) is 7.90. The second kappa shape index (κ2) is 9.63. The molecule has 0 bridgehead atoms. The van der Waals surface area contributed by atoms with Gasteiger partial charge < -0.3 is 20.2 Å². The predicted molar refractivity (Wildman–Crippen MR) is 119 cm³/mol. The van der Waals surface area contributed by atoms with Crippen molar-refractivity contribution in [3.63, 3.8) is 0 Å². The van der Waals surface area contributed by atoms with Crippen LogP contribution in [0, 0.1) is 13.8 Å². The quantitative estimate of drug-likeness (QED) is 0.764. The highest BCUT2D eigenvalue weighted by Crippen LogP contribution is 2.20. The number of anilines is 2. The fourth-order valence-electron chi connectivity index (χ4n) is 3.50. The Hall–Kier alpha value is -3.06. The molecule has 7 heteroatoms. The van der Waals surface area contributed by atoms with E-state index in [1.165, 1.54) is 4.90 Å². The molecule has 2 N–H and O–H groups in total. The van der Waals surface area contributed by atoms with Crippen molar-refractivity contribution in [2.45, 2.75) is 13.8 Å². The Labute approximate surface area is 177 Å². The van der Waals surface area contributed by atoms with Crippen LogP contribution in [-0.4, -0.2) is 73.0 Å². The van der Waals surface area contributed by atoms with E-state index in [1.54, 1.807) is 19.2 Å². The van der Waals surface area contributed by atoms with Crippen molar-refractivity contribution in [3.05, 3.63) is 53.6 Å². The molecule has 2 aromatic carbocycles. The van der Waals surface area contributed by atoms with Crippen LogP contribution in [0.4, 0.5) is 11.4 Å². The van der Waals surface area contributed by atoms with Gasteiger partial charge in [0.2, 0.25) is 11.8 Å². The minimum absolute atomic E-state index is 0.0275. The number of phenols is 1. The van der Waals surface area contributed by atoms with Gasteiger partial charge in [-0.15, -0.1) is 0 Å². The summed E-state index contributed by atoms with van der Waals surface area (Å²) in [7, 11) is 1.66. The van der Waals surface area contributed by atoms with Crippen LogP contribution in [0.1, 0.15) is 11.1 Å². The van der Waals surface area contributed by atoms with Crippen LogP contribution in [0.2, 0.25) is 0 Å². The number of carbonyl (C=O) groups excluding carboxylic acids is 2. The number of phenolic OH excluding ortho intramolecular Hbond substituents is 1. The van der Waals surface area contributed by atoms with Gasteiger partial charge in [-0.2, -0.15) is 0 Å². The number of hydrogen-bond donors (Lipinski definition) is 2. The van der Waals surface area contributed by atoms with Crippen molar-refractivity contribution < 1.29 is 14.7 Å². The SMILES string of the molecule is Cc1ccc(C)c(NC(=O)CN(C)C(=O)CN2CCN(c3ccc(O)cc3)CC2)c1. The summed E-state index contributed by atoms with van der Waals surface area (Å²) in [6.45, 7) is 7.43. The first-order valence-electron chi connectivity index (χ1n) is 10.2. The average molecular weight is 411 g/mol. The smallest absolute Gasteiger partial charge is 0.243 e. The summed E-state index contributed by atoms with van der Waals surface area (Å²) >= 11 is 0. The summed E-state index contributed by atoms with van der Waals surface area (Å²) in [5.74, 6) is -0.00601. The van der Waals surface area contributed by atoms with Gasteiger partial charge in [0.25, 0.3) is 0 Å². The van der Waals surface area contributed by atoms with Crippen molar-refractivity contribution in [2.75, 3.05) is 56.5 Å². The van der Waals surface area contributed by atoms with Crippen LogP contribution in [0.15, 0.2) is 42.5 Å². The normalized spacial score (nSPS) is 14.4. The summed E-state index contributed by atoms with van der Waals surface area (Å²) in [5.41, 5.74) is 3.92. The van der Waals surface area contributed by atoms with Crippen molar-refractivity contribution in [3.8, 4) is 5.75 Å². The molecular weight excluding hydrogens is 380 g/mol. The molecule has 7 nitrogen and oxygen atoms in total. The van der Waals surface area contributed by atoms with Gasteiger partial charge in [-0.25, -0.2) is 0 Å². The van der Waals surface area contributed by atoms with Gasteiger partial charge in [0.05, 0.1) is 13.1 Å². The topological polar surface area (TPSA) is 76.1 Å². The van der Waals surface area contributed by atoms with Crippen LogP contribution in [0.25, 0.3) is 0 Å². The van der Waals surface area contributed by atoms with E-state index in [0.29, 0.717) is 6.54 Å². The van der Waals surface area contributed by atoms with E-state index < -0.39 is 0 Å². The first-order chi connectivity index (χ1) is 14.3. The van der Waals surface area contributed by atoms with E-state index in [2.05, 4.69) is 15.1 Å². The molecule has 160 valence electrons. The minimum Gasteiger partial charge on any atom is -0.508 e. The molecule has 1 saturated heterocycles. The number of nitrogens with zero attached hydrogens (tertiary/aromatic N) is 3. The summed E-state index contributed by atoms with van der Waals surface area (Å²) in [5, 5.41) is 12.3. The molecule has 0 aliphatic carbocycles. The van der Waals surface area contributed by atoms with Crippen LogP contribution in [-0.2, 0) is 9.59 Å². The Kier molecular flexibility index (Phi) is 6.95. The molecule has 1 aliphatic rings. The zero-order chi connectivity index (χ0) is 21.7. The standard InChI is InChI=1S/C23H30N4O3/c1-17-4-5-18(2)21(14-17)24-22(29)15-25(3)23(30)16-26-10-12-27(13-11-26)19-6-8-20(28)9-7-19/h4-9,14,28H,10-13,15-16H2,1-3H3,(H,24,29). The Balaban J connectivity index is 1.45. The van der Waals surface area contributed by atoms with Gasteiger partial charge in [0.15, 0.2) is 0 Å². The number of likely N-dealkylation sites (N-methyl/N-ethyl adjacent to an activating group) is 1. The van der Waals surface area contributed by atoms with E-state index in [1.807, 2.05) is 44.2 Å². The lowest BCUT2D eigenvalue weighted by atomic mass is 10.1. The maximum absolute atomic E-state index is 12.6. The molecule has 3 rings (SSSR count). The van der Waals surface area contributed by atoms with Crippen LogP contribution in [0.3, 0.4) is 0 Å². The molecule has 2 aromatic rings. The number of aryl methyl sites for hydroxylation is 2. The molecule has 30 heavy (non-hydrogen) atoms. The molecule has 0 spiro atoms. The highest BCUT2D eigenvalue weighted by Gasteiger charge is 2.21. The maximum Gasteiger partial charge on any atom is 0.243 e. The number of rotatable bonds is 6. The van der Waals surface area contributed by atoms with Crippen molar-refractivity contribution in [2.24, 2.45) is 0 Å². The van der Waals surface area contributed by atoms with Gasteiger partial charge >= 0.3 is 0 Å². The monoisotopic (exact) mass is 410 g/mol. The molecule has 1 fully saturated rings. The number of hydrogen-bond acceptors (Lipinski definition) is 5. The number of amides is 2. The fourth-order valence-corrected chi connectivity index (χ4v) is 3.50. The number of piperazine rings is 1. The first-order valence-corrected chi connectivity index (χ1v) is 10.2. The van der Waals surface area contributed by atoms with Crippen LogP contribution in [0.5, 0.6) is 5.75 Å². The summed E-state index contributed by atoms with van der Waals surface area (Å²) in [6.07, 6.45) is 0. The minimum atomic E-state index is -0.198. The highest BCUT2D eigenvalue weighted by atomic mass is 16.3. The Morgan fingerprint density at radius 2 is 1.70 bits per heavy atom.